The number of aromatic amines is 1. The molecule has 1 aliphatic carbocycles. The largest absolute Gasteiger partial charge is 0.361 e. The molecule has 1 aromatic heterocycles. The van der Waals surface area contributed by atoms with Crippen molar-refractivity contribution in [2.24, 2.45) is 0 Å². The summed E-state index contributed by atoms with van der Waals surface area (Å²) < 4.78 is 0. The van der Waals surface area contributed by atoms with Gasteiger partial charge in [-0.25, -0.2) is 0 Å². The van der Waals surface area contributed by atoms with Gasteiger partial charge < -0.3 is 10.3 Å². The standard InChI is InChI=1S/C16H20N2O/c1-11-6-7-15-14(8-11)12(10-17-15)9-16(19)18-13-4-2-3-5-13/h6-8,10,13,17H,2-5,9H2,1H3,(H,18,19). The summed E-state index contributed by atoms with van der Waals surface area (Å²) in [5.41, 5.74) is 3.42. The summed E-state index contributed by atoms with van der Waals surface area (Å²) in [5, 5.41) is 4.31. The SMILES string of the molecule is Cc1ccc2[nH]cc(CC(=O)NC3CCCC3)c2c1. The summed E-state index contributed by atoms with van der Waals surface area (Å²) in [5.74, 6) is 0.148. The third-order valence-electron chi connectivity index (χ3n) is 3.99. The lowest BCUT2D eigenvalue weighted by Crippen LogP contribution is -2.33. The lowest BCUT2D eigenvalue weighted by atomic mass is 10.1. The van der Waals surface area contributed by atoms with Crippen LogP contribution in [0.2, 0.25) is 0 Å². The van der Waals surface area contributed by atoms with E-state index in [4.69, 9.17) is 0 Å². The minimum absolute atomic E-state index is 0.148. The quantitative estimate of drug-likeness (QED) is 0.871. The van der Waals surface area contributed by atoms with Gasteiger partial charge in [0.15, 0.2) is 0 Å². The van der Waals surface area contributed by atoms with Gasteiger partial charge in [-0.3, -0.25) is 4.79 Å². The van der Waals surface area contributed by atoms with Gasteiger partial charge in [-0.05, 0) is 37.5 Å². The summed E-state index contributed by atoms with van der Waals surface area (Å²) in [6.07, 6.45) is 7.20. The van der Waals surface area contributed by atoms with Crippen molar-refractivity contribution < 1.29 is 4.79 Å². The summed E-state index contributed by atoms with van der Waals surface area (Å²) in [6.45, 7) is 2.08. The van der Waals surface area contributed by atoms with E-state index < -0.39 is 0 Å². The fraction of sp³-hybridized carbons (Fsp3) is 0.438. The number of H-pyrrole nitrogens is 1. The smallest absolute Gasteiger partial charge is 0.224 e. The molecule has 3 rings (SSSR count). The van der Waals surface area contributed by atoms with Crippen LogP contribution in [0, 0.1) is 6.92 Å². The molecule has 0 saturated heterocycles. The molecule has 0 radical (unpaired) electrons. The molecular formula is C16H20N2O. The van der Waals surface area contributed by atoms with Gasteiger partial charge >= 0.3 is 0 Å². The number of hydrogen-bond donors (Lipinski definition) is 2. The molecule has 2 aromatic rings. The molecule has 2 N–H and O–H groups in total. The van der Waals surface area contributed by atoms with Crippen LogP contribution < -0.4 is 5.32 Å². The van der Waals surface area contributed by atoms with E-state index in [2.05, 4.69) is 35.4 Å². The summed E-state index contributed by atoms with van der Waals surface area (Å²) in [7, 11) is 0. The van der Waals surface area contributed by atoms with E-state index in [0.29, 0.717) is 12.5 Å². The highest BCUT2D eigenvalue weighted by atomic mass is 16.1. The van der Waals surface area contributed by atoms with Crippen LogP contribution >= 0.6 is 0 Å². The van der Waals surface area contributed by atoms with Crippen molar-refractivity contribution in [2.45, 2.75) is 45.1 Å². The Hall–Kier alpha value is -1.77. The second-order valence-electron chi connectivity index (χ2n) is 5.59. The minimum atomic E-state index is 0.148. The number of aromatic nitrogens is 1. The molecule has 1 aliphatic rings. The number of carbonyl (C=O) groups excluding carboxylic acids is 1. The lowest BCUT2D eigenvalue weighted by molar-refractivity contribution is -0.121. The van der Waals surface area contributed by atoms with Crippen molar-refractivity contribution in [3.8, 4) is 0 Å². The number of amides is 1. The fourth-order valence-electron chi connectivity index (χ4n) is 2.96. The Bertz CT molecular complexity index is 594. The molecule has 1 amide bonds. The summed E-state index contributed by atoms with van der Waals surface area (Å²) in [4.78, 5) is 15.3. The monoisotopic (exact) mass is 256 g/mol. The van der Waals surface area contributed by atoms with Crippen LogP contribution in [0.5, 0.6) is 0 Å². The molecule has 0 aliphatic heterocycles. The Labute approximate surface area is 113 Å². The molecule has 0 unspecified atom stereocenters. The fourth-order valence-corrected chi connectivity index (χ4v) is 2.96. The third-order valence-corrected chi connectivity index (χ3v) is 3.99. The maximum atomic E-state index is 12.1. The first-order valence-corrected chi connectivity index (χ1v) is 7.08. The zero-order valence-electron chi connectivity index (χ0n) is 11.3. The van der Waals surface area contributed by atoms with E-state index in [-0.39, 0.29) is 5.91 Å². The van der Waals surface area contributed by atoms with Crippen molar-refractivity contribution in [1.29, 1.82) is 0 Å². The zero-order chi connectivity index (χ0) is 13.2. The average Bonchev–Trinajstić information content (AvgIpc) is 3.00. The van der Waals surface area contributed by atoms with Gasteiger partial charge in [0, 0.05) is 23.1 Å². The Kier molecular flexibility index (Phi) is 3.28. The van der Waals surface area contributed by atoms with Crippen molar-refractivity contribution in [3.63, 3.8) is 0 Å². The Morgan fingerprint density at radius 3 is 2.95 bits per heavy atom. The van der Waals surface area contributed by atoms with Gasteiger partial charge in [-0.1, -0.05) is 24.5 Å². The Morgan fingerprint density at radius 1 is 1.37 bits per heavy atom. The summed E-state index contributed by atoms with van der Waals surface area (Å²) in [6, 6.07) is 6.70. The third kappa shape index (κ3) is 2.65. The lowest BCUT2D eigenvalue weighted by Gasteiger charge is -2.11. The highest BCUT2D eigenvalue weighted by Crippen LogP contribution is 2.21. The van der Waals surface area contributed by atoms with Crippen LogP contribution in [-0.2, 0) is 11.2 Å². The molecule has 100 valence electrons. The van der Waals surface area contributed by atoms with Gasteiger partial charge in [-0.15, -0.1) is 0 Å². The number of aryl methyl sites for hydroxylation is 1. The predicted octanol–water partition coefficient (Wildman–Crippen LogP) is 3.08. The second-order valence-corrected chi connectivity index (χ2v) is 5.59. The van der Waals surface area contributed by atoms with Crippen LogP contribution in [0.3, 0.4) is 0 Å². The number of benzene rings is 1. The molecule has 19 heavy (non-hydrogen) atoms. The van der Waals surface area contributed by atoms with E-state index in [1.807, 2.05) is 6.20 Å². The number of carbonyl (C=O) groups is 1. The van der Waals surface area contributed by atoms with E-state index in [1.165, 1.54) is 23.8 Å². The summed E-state index contributed by atoms with van der Waals surface area (Å²) >= 11 is 0. The first-order chi connectivity index (χ1) is 9.22. The number of fused-ring (bicyclic) bond motifs is 1. The van der Waals surface area contributed by atoms with Crippen LogP contribution in [0.15, 0.2) is 24.4 Å². The van der Waals surface area contributed by atoms with E-state index >= 15 is 0 Å². The highest BCUT2D eigenvalue weighted by molar-refractivity contribution is 5.89. The molecule has 3 nitrogen and oxygen atoms in total. The van der Waals surface area contributed by atoms with Crippen molar-refractivity contribution in [1.82, 2.24) is 10.3 Å². The van der Waals surface area contributed by atoms with Gasteiger partial charge in [-0.2, -0.15) is 0 Å². The molecule has 1 saturated carbocycles. The van der Waals surface area contributed by atoms with E-state index in [9.17, 15) is 4.79 Å². The van der Waals surface area contributed by atoms with Crippen molar-refractivity contribution in [3.05, 3.63) is 35.5 Å². The van der Waals surface area contributed by atoms with E-state index in [1.54, 1.807) is 0 Å². The Morgan fingerprint density at radius 2 is 2.16 bits per heavy atom. The normalized spacial score (nSPS) is 16.1. The molecular weight excluding hydrogens is 236 g/mol. The highest BCUT2D eigenvalue weighted by Gasteiger charge is 2.17. The topological polar surface area (TPSA) is 44.9 Å². The van der Waals surface area contributed by atoms with Crippen LogP contribution in [-0.4, -0.2) is 16.9 Å². The van der Waals surface area contributed by atoms with Gasteiger partial charge in [0.05, 0.1) is 6.42 Å². The van der Waals surface area contributed by atoms with Crippen molar-refractivity contribution >= 4 is 16.8 Å². The van der Waals surface area contributed by atoms with Crippen LogP contribution in [0.1, 0.15) is 36.8 Å². The number of nitrogens with one attached hydrogen (secondary N) is 2. The number of hydrogen-bond acceptors (Lipinski definition) is 1. The molecule has 0 bridgehead atoms. The molecule has 1 fully saturated rings. The zero-order valence-corrected chi connectivity index (χ0v) is 11.3. The molecule has 1 aromatic carbocycles. The molecule has 0 spiro atoms. The maximum Gasteiger partial charge on any atom is 0.224 e. The first kappa shape index (κ1) is 12.3. The Balaban J connectivity index is 1.73. The first-order valence-electron chi connectivity index (χ1n) is 7.08. The van der Waals surface area contributed by atoms with E-state index in [0.717, 1.165) is 23.9 Å². The number of rotatable bonds is 3. The van der Waals surface area contributed by atoms with Gasteiger partial charge in [0.2, 0.25) is 5.91 Å². The van der Waals surface area contributed by atoms with Gasteiger partial charge in [0.25, 0.3) is 0 Å². The average molecular weight is 256 g/mol. The maximum absolute atomic E-state index is 12.1. The second kappa shape index (κ2) is 5.08. The predicted molar refractivity (Wildman–Crippen MR) is 77.1 cm³/mol. The van der Waals surface area contributed by atoms with Crippen LogP contribution in [0.4, 0.5) is 0 Å². The molecule has 0 atom stereocenters. The molecule has 3 heteroatoms. The van der Waals surface area contributed by atoms with Crippen LogP contribution in [0.25, 0.3) is 10.9 Å². The van der Waals surface area contributed by atoms with Crippen molar-refractivity contribution in [2.75, 3.05) is 0 Å². The molecule has 1 heterocycles. The minimum Gasteiger partial charge on any atom is -0.361 e. The van der Waals surface area contributed by atoms with Gasteiger partial charge in [0.1, 0.15) is 0 Å².